The molecule has 0 aromatic heterocycles. The summed E-state index contributed by atoms with van der Waals surface area (Å²) in [4.78, 5) is 3.84. The molecule has 0 radical (unpaired) electrons. The quantitative estimate of drug-likeness (QED) is 0.578. The van der Waals surface area contributed by atoms with E-state index in [9.17, 15) is 0 Å². The van der Waals surface area contributed by atoms with Crippen molar-refractivity contribution in [3.8, 4) is 0 Å². The van der Waals surface area contributed by atoms with Gasteiger partial charge in [-0.05, 0) is 38.5 Å². The lowest BCUT2D eigenvalue weighted by Crippen LogP contribution is -1.88. The van der Waals surface area contributed by atoms with Crippen LogP contribution in [0, 0.1) is 0 Å². The van der Waals surface area contributed by atoms with E-state index in [1.807, 2.05) is 0 Å². The molecule has 0 amide bonds. The molecule has 0 bridgehead atoms. The summed E-state index contributed by atoms with van der Waals surface area (Å²) >= 11 is 5.29. The van der Waals surface area contributed by atoms with E-state index in [0.29, 0.717) is 0 Å². The van der Waals surface area contributed by atoms with Crippen LogP contribution < -0.4 is 5.73 Å². The Morgan fingerprint density at radius 2 is 2.38 bits per heavy atom. The predicted molar refractivity (Wildman–Crippen MR) is 48.6 cm³/mol. The molecule has 0 saturated heterocycles. The highest BCUT2D eigenvalue weighted by atomic mass is 127. The Hall–Kier alpha value is 0.420. The summed E-state index contributed by atoms with van der Waals surface area (Å²) in [6.45, 7) is 0. The largest absolute Gasteiger partial charge is 0.404 e. The molecule has 0 unspecified atom stereocenters. The van der Waals surface area contributed by atoms with Crippen molar-refractivity contribution >= 4 is 43.1 Å². The van der Waals surface area contributed by atoms with Gasteiger partial charge in [0.15, 0.2) is 0 Å². The van der Waals surface area contributed by atoms with Gasteiger partial charge in [-0.25, -0.2) is 0 Å². The SMILES string of the molecule is CN=C(Br)C(I)=CN. The summed E-state index contributed by atoms with van der Waals surface area (Å²) in [6.07, 6.45) is 1.50. The van der Waals surface area contributed by atoms with E-state index in [1.54, 1.807) is 7.05 Å². The van der Waals surface area contributed by atoms with Crippen LogP contribution in [0.5, 0.6) is 0 Å². The number of hydrogen-bond acceptors (Lipinski definition) is 2. The summed E-state index contributed by atoms with van der Waals surface area (Å²) in [7, 11) is 1.70. The molecule has 46 valence electrons. The van der Waals surface area contributed by atoms with E-state index in [2.05, 4.69) is 43.5 Å². The molecule has 0 fully saturated rings. The van der Waals surface area contributed by atoms with Crippen LogP contribution in [0.1, 0.15) is 0 Å². The molecule has 2 nitrogen and oxygen atoms in total. The first-order chi connectivity index (χ1) is 3.72. The fourth-order valence-corrected chi connectivity index (χ4v) is 0.549. The molecule has 0 saturated carbocycles. The standard InChI is InChI=1S/C4H6BrIN2/c1-8-4(5)3(6)2-7/h2H,7H2,1H3. The lowest BCUT2D eigenvalue weighted by atomic mass is 10.7. The zero-order chi connectivity index (χ0) is 6.57. The summed E-state index contributed by atoms with van der Waals surface area (Å²) in [5.41, 5.74) is 5.17. The third kappa shape index (κ3) is 2.66. The van der Waals surface area contributed by atoms with E-state index in [4.69, 9.17) is 5.73 Å². The Morgan fingerprint density at radius 1 is 1.88 bits per heavy atom. The first-order valence-electron chi connectivity index (χ1n) is 1.92. The number of halogens is 2. The second kappa shape index (κ2) is 4.31. The van der Waals surface area contributed by atoms with Crippen LogP contribution in [0.4, 0.5) is 0 Å². The van der Waals surface area contributed by atoms with Crippen molar-refractivity contribution in [3.63, 3.8) is 0 Å². The average Bonchev–Trinajstić information content (AvgIpc) is 1.84. The van der Waals surface area contributed by atoms with Crippen LogP contribution in [0.3, 0.4) is 0 Å². The van der Waals surface area contributed by atoms with E-state index < -0.39 is 0 Å². The van der Waals surface area contributed by atoms with E-state index in [0.717, 1.165) is 8.20 Å². The predicted octanol–water partition coefficient (Wildman–Crippen LogP) is 1.64. The van der Waals surface area contributed by atoms with Crippen LogP contribution in [-0.2, 0) is 0 Å². The Bertz CT molecular complexity index is 114. The van der Waals surface area contributed by atoms with Crippen LogP contribution >= 0.6 is 38.5 Å². The van der Waals surface area contributed by atoms with Crippen molar-refractivity contribution in [2.45, 2.75) is 0 Å². The van der Waals surface area contributed by atoms with Gasteiger partial charge in [-0.3, -0.25) is 4.99 Å². The maximum Gasteiger partial charge on any atom is 0.114 e. The van der Waals surface area contributed by atoms with Gasteiger partial charge in [0.05, 0.1) is 3.58 Å². The molecular weight excluding hydrogens is 283 g/mol. The maximum atomic E-state index is 5.17. The van der Waals surface area contributed by atoms with E-state index >= 15 is 0 Å². The van der Waals surface area contributed by atoms with Gasteiger partial charge < -0.3 is 5.73 Å². The highest BCUT2D eigenvalue weighted by molar-refractivity contribution is 14.1. The third-order valence-corrected chi connectivity index (χ3v) is 2.93. The summed E-state index contributed by atoms with van der Waals surface area (Å²) in [5.74, 6) is 0. The van der Waals surface area contributed by atoms with Crippen LogP contribution in [-0.4, -0.2) is 11.7 Å². The Labute approximate surface area is 70.5 Å². The highest BCUT2D eigenvalue weighted by Gasteiger charge is 1.92. The number of aliphatic imine (C=N–C) groups is 1. The van der Waals surface area contributed by atoms with Gasteiger partial charge in [-0.15, -0.1) is 0 Å². The molecule has 2 N–H and O–H groups in total. The summed E-state index contributed by atoms with van der Waals surface area (Å²) in [6, 6.07) is 0. The lowest BCUT2D eigenvalue weighted by molar-refractivity contribution is 1.46. The highest BCUT2D eigenvalue weighted by Crippen LogP contribution is 2.10. The fraction of sp³-hybridized carbons (Fsp3) is 0.250. The van der Waals surface area contributed by atoms with Gasteiger partial charge >= 0.3 is 0 Å². The van der Waals surface area contributed by atoms with Gasteiger partial charge in [-0.1, -0.05) is 0 Å². The summed E-state index contributed by atoms with van der Waals surface area (Å²) < 4.78 is 1.71. The number of nitrogens with two attached hydrogens (primary N) is 1. The average molecular weight is 289 g/mol. The molecule has 0 atom stereocenters. The summed E-state index contributed by atoms with van der Waals surface area (Å²) in [5, 5.41) is 0. The van der Waals surface area contributed by atoms with Gasteiger partial charge in [0.1, 0.15) is 4.62 Å². The first-order valence-corrected chi connectivity index (χ1v) is 3.79. The molecule has 4 heteroatoms. The molecule has 0 aliphatic heterocycles. The van der Waals surface area contributed by atoms with Crippen molar-refractivity contribution < 1.29 is 0 Å². The first kappa shape index (κ1) is 8.42. The number of hydrogen-bond donors (Lipinski definition) is 1. The van der Waals surface area contributed by atoms with Gasteiger partial charge in [0, 0.05) is 13.2 Å². The van der Waals surface area contributed by atoms with Gasteiger partial charge in [0.2, 0.25) is 0 Å². The number of allylic oxidation sites excluding steroid dienone is 1. The Kier molecular flexibility index (Phi) is 4.54. The van der Waals surface area contributed by atoms with Crippen LogP contribution in [0.15, 0.2) is 14.8 Å². The third-order valence-electron chi connectivity index (χ3n) is 0.540. The molecule has 0 heterocycles. The smallest absolute Gasteiger partial charge is 0.114 e. The molecule has 0 aliphatic carbocycles. The molecule has 8 heavy (non-hydrogen) atoms. The second-order valence-corrected chi connectivity index (χ2v) is 2.94. The monoisotopic (exact) mass is 288 g/mol. The van der Waals surface area contributed by atoms with Crippen molar-refractivity contribution in [2.24, 2.45) is 10.7 Å². The minimum Gasteiger partial charge on any atom is -0.404 e. The zero-order valence-electron chi connectivity index (χ0n) is 4.36. The lowest BCUT2D eigenvalue weighted by Gasteiger charge is -1.89. The topological polar surface area (TPSA) is 38.4 Å². The molecular formula is C4H6BrIN2. The molecule has 0 aromatic rings. The fourth-order valence-electron chi connectivity index (χ4n) is 0.176. The Balaban J connectivity index is 4.04. The zero-order valence-corrected chi connectivity index (χ0v) is 8.10. The maximum absolute atomic E-state index is 5.17. The normalized spacial score (nSPS) is 14.4. The van der Waals surface area contributed by atoms with Crippen LogP contribution in [0.25, 0.3) is 0 Å². The second-order valence-electron chi connectivity index (χ2n) is 1.03. The minimum atomic E-state index is 0.792. The van der Waals surface area contributed by atoms with Crippen LogP contribution in [0.2, 0.25) is 0 Å². The van der Waals surface area contributed by atoms with E-state index in [-0.39, 0.29) is 0 Å². The van der Waals surface area contributed by atoms with Crippen molar-refractivity contribution in [2.75, 3.05) is 7.05 Å². The molecule has 0 aromatic carbocycles. The molecule has 0 rings (SSSR count). The van der Waals surface area contributed by atoms with E-state index in [1.165, 1.54) is 6.20 Å². The van der Waals surface area contributed by atoms with Gasteiger partial charge in [-0.2, -0.15) is 0 Å². The van der Waals surface area contributed by atoms with Crippen molar-refractivity contribution in [3.05, 3.63) is 9.78 Å². The molecule has 0 spiro atoms. The Morgan fingerprint density at radius 3 is 2.50 bits per heavy atom. The number of nitrogens with zero attached hydrogens (tertiary/aromatic N) is 1. The van der Waals surface area contributed by atoms with Crippen molar-refractivity contribution in [1.29, 1.82) is 0 Å². The van der Waals surface area contributed by atoms with Gasteiger partial charge in [0.25, 0.3) is 0 Å². The van der Waals surface area contributed by atoms with Crippen molar-refractivity contribution in [1.82, 2.24) is 0 Å². The molecule has 0 aliphatic rings. The minimum absolute atomic E-state index is 0.792. The number of rotatable bonds is 1.